The average Bonchev–Trinajstić information content (AvgIpc) is 3.22. The fraction of sp³-hybridized carbons (Fsp3) is 0.737. The lowest BCUT2D eigenvalue weighted by Gasteiger charge is -2.46. The molecule has 1 N–H and O–H groups in total. The van der Waals surface area contributed by atoms with Crippen LogP contribution >= 0.6 is 11.3 Å². The number of nitrogens with one attached hydrogen (secondary N) is 1. The molecule has 5 heteroatoms. The maximum atomic E-state index is 12.1. The predicted octanol–water partition coefficient (Wildman–Crippen LogP) is 3.18. The first-order chi connectivity index (χ1) is 11.7. The molecular formula is C19H28N2O2S. The Hall–Kier alpha value is -0.910. The molecule has 1 atom stereocenters. The number of ether oxygens (including phenoxy) is 1. The van der Waals surface area contributed by atoms with E-state index < -0.39 is 0 Å². The van der Waals surface area contributed by atoms with Crippen LogP contribution < -0.4 is 5.32 Å². The zero-order chi connectivity index (χ0) is 16.4. The summed E-state index contributed by atoms with van der Waals surface area (Å²) in [7, 11) is 0. The molecule has 0 aromatic carbocycles. The van der Waals surface area contributed by atoms with Crippen LogP contribution in [-0.4, -0.2) is 42.1 Å². The second-order valence-electron chi connectivity index (χ2n) is 7.84. The number of hydrogen-bond acceptors (Lipinski definition) is 4. The van der Waals surface area contributed by atoms with Crippen molar-refractivity contribution in [1.82, 2.24) is 10.2 Å². The molecule has 1 aromatic rings. The Morgan fingerprint density at radius 1 is 1.33 bits per heavy atom. The number of rotatable bonds is 5. The molecule has 24 heavy (non-hydrogen) atoms. The van der Waals surface area contributed by atoms with Gasteiger partial charge in [-0.15, -0.1) is 0 Å². The SMILES string of the molecule is O=C(CC1CCOC2(CCN(Cc3ccsc3)CC2)C1)NC1CC1. The van der Waals surface area contributed by atoms with Gasteiger partial charge < -0.3 is 10.1 Å². The fourth-order valence-corrected chi connectivity index (χ4v) is 4.85. The lowest BCUT2D eigenvalue weighted by Crippen LogP contribution is -2.49. The third-order valence-corrected chi connectivity index (χ3v) is 6.50. The lowest BCUT2D eigenvalue weighted by atomic mass is 9.78. The molecule has 4 rings (SSSR count). The van der Waals surface area contributed by atoms with Gasteiger partial charge in [0, 0.05) is 38.7 Å². The Bertz CT molecular complexity index is 548. The van der Waals surface area contributed by atoms with Crippen molar-refractivity contribution in [3.63, 3.8) is 0 Å². The number of carbonyl (C=O) groups excluding carboxylic acids is 1. The van der Waals surface area contributed by atoms with Crippen molar-refractivity contribution in [1.29, 1.82) is 0 Å². The molecule has 3 fully saturated rings. The monoisotopic (exact) mass is 348 g/mol. The summed E-state index contributed by atoms with van der Waals surface area (Å²) in [6, 6.07) is 2.70. The van der Waals surface area contributed by atoms with Crippen LogP contribution in [0, 0.1) is 5.92 Å². The molecule has 1 amide bonds. The van der Waals surface area contributed by atoms with E-state index >= 15 is 0 Å². The van der Waals surface area contributed by atoms with Crippen molar-refractivity contribution >= 4 is 17.2 Å². The van der Waals surface area contributed by atoms with Crippen LogP contribution in [0.2, 0.25) is 0 Å². The van der Waals surface area contributed by atoms with Gasteiger partial charge in [0.1, 0.15) is 0 Å². The van der Waals surface area contributed by atoms with Crippen molar-refractivity contribution in [2.45, 2.75) is 63.1 Å². The highest BCUT2D eigenvalue weighted by Gasteiger charge is 2.40. The molecule has 1 aromatic heterocycles. The van der Waals surface area contributed by atoms with Crippen LogP contribution in [0.25, 0.3) is 0 Å². The van der Waals surface area contributed by atoms with Crippen LogP contribution in [0.15, 0.2) is 16.8 Å². The summed E-state index contributed by atoms with van der Waals surface area (Å²) in [5.41, 5.74) is 1.46. The van der Waals surface area contributed by atoms with E-state index in [1.165, 1.54) is 18.4 Å². The van der Waals surface area contributed by atoms with Crippen LogP contribution in [-0.2, 0) is 16.1 Å². The minimum atomic E-state index is 0.0356. The minimum absolute atomic E-state index is 0.0356. The van der Waals surface area contributed by atoms with E-state index in [2.05, 4.69) is 27.0 Å². The zero-order valence-corrected chi connectivity index (χ0v) is 15.2. The molecule has 132 valence electrons. The second kappa shape index (κ2) is 7.14. The first-order valence-corrected chi connectivity index (χ1v) is 10.3. The van der Waals surface area contributed by atoms with Crippen molar-refractivity contribution in [2.75, 3.05) is 19.7 Å². The molecule has 1 saturated carbocycles. The van der Waals surface area contributed by atoms with Gasteiger partial charge in [-0.1, -0.05) is 0 Å². The zero-order valence-electron chi connectivity index (χ0n) is 14.3. The molecule has 0 radical (unpaired) electrons. The fourth-order valence-electron chi connectivity index (χ4n) is 4.19. The number of likely N-dealkylation sites (tertiary alicyclic amines) is 1. The van der Waals surface area contributed by atoms with E-state index in [4.69, 9.17) is 4.74 Å². The summed E-state index contributed by atoms with van der Waals surface area (Å²) in [6.45, 7) is 4.10. The van der Waals surface area contributed by atoms with Gasteiger partial charge in [-0.2, -0.15) is 11.3 Å². The topological polar surface area (TPSA) is 41.6 Å². The quantitative estimate of drug-likeness (QED) is 0.889. The number of hydrogen-bond donors (Lipinski definition) is 1. The Balaban J connectivity index is 1.26. The molecule has 1 unspecified atom stereocenters. The van der Waals surface area contributed by atoms with Gasteiger partial charge in [-0.25, -0.2) is 0 Å². The lowest BCUT2D eigenvalue weighted by molar-refractivity contribution is -0.136. The van der Waals surface area contributed by atoms with E-state index in [0.717, 1.165) is 51.9 Å². The minimum Gasteiger partial charge on any atom is -0.375 e. The average molecular weight is 349 g/mol. The van der Waals surface area contributed by atoms with E-state index in [-0.39, 0.29) is 11.5 Å². The molecule has 1 spiro atoms. The Morgan fingerprint density at radius 2 is 2.17 bits per heavy atom. The molecule has 2 saturated heterocycles. The van der Waals surface area contributed by atoms with Gasteiger partial charge in [0.05, 0.1) is 5.60 Å². The largest absolute Gasteiger partial charge is 0.375 e. The smallest absolute Gasteiger partial charge is 0.220 e. The Kier molecular flexibility index (Phi) is 4.93. The first kappa shape index (κ1) is 16.6. The van der Waals surface area contributed by atoms with Gasteiger partial charge in [0.25, 0.3) is 0 Å². The van der Waals surface area contributed by atoms with E-state index in [1.807, 2.05) is 0 Å². The maximum absolute atomic E-state index is 12.1. The molecule has 2 aliphatic heterocycles. The van der Waals surface area contributed by atoms with Gasteiger partial charge >= 0.3 is 0 Å². The highest BCUT2D eigenvalue weighted by molar-refractivity contribution is 7.07. The van der Waals surface area contributed by atoms with E-state index in [9.17, 15) is 4.79 Å². The highest BCUT2D eigenvalue weighted by Crippen LogP contribution is 2.39. The molecular weight excluding hydrogens is 320 g/mol. The third kappa shape index (κ3) is 4.19. The van der Waals surface area contributed by atoms with Gasteiger partial charge in [0.15, 0.2) is 0 Å². The van der Waals surface area contributed by atoms with Crippen LogP contribution in [0.1, 0.15) is 50.5 Å². The molecule has 3 aliphatic rings. The molecule has 4 nitrogen and oxygen atoms in total. The highest BCUT2D eigenvalue weighted by atomic mass is 32.1. The van der Waals surface area contributed by atoms with Crippen molar-refractivity contribution in [2.24, 2.45) is 5.92 Å². The maximum Gasteiger partial charge on any atom is 0.220 e. The number of thiophene rings is 1. The van der Waals surface area contributed by atoms with Crippen LogP contribution in [0.5, 0.6) is 0 Å². The molecule has 1 aliphatic carbocycles. The standard InChI is InChI=1S/C19H28N2O2S/c22-18(20-17-1-2-17)11-15-3-9-23-19(12-15)5-7-21(8-6-19)13-16-4-10-24-14-16/h4,10,14-15,17H,1-3,5-9,11-13H2,(H,20,22). The Morgan fingerprint density at radius 3 is 2.88 bits per heavy atom. The molecule has 3 heterocycles. The summed E-state index contributed by atoms with van der Waals surface area (Å²) in [4.78, 5) is 14.6. The summed E-state index contributed by atoms with van der Waals surface area (Å²) in [5, 5.41) is 7.54. The number of carbonyl (C=O) groups is 1. The first-order valence-electron chi connectivity index (χ1n) is 9.38. The van der Waals surface area contributed by atoms with Crippen LogP contribution in [0.3, 0.4) is 0 Å². The number of nitrogens with zero attached hydrogens (tertiary/aromatic N) is 1. The second-order valence-corrected chi connectivity index (χ2v) is 8.62. The van der Waals surface area contributed by atoms with Crippen molar-refractivity contribution in [3.05, 3.63) is 22.4 Å². The van der Waals surface area contributed by atoms with Gasteiger partial charge in [-0.05, 0) is 66.8 Å². The Labute approximate surface area is 148 Å². The summed E-state index contributed by atoms with van der Waals surface area (Å²) in [5.74, 6) is 0.760. The summed E-state index contributed by atoms with van der Waals surface area (Å²) in [6.07, 6.45) is 7.36. The van der Waals surface area contributed by atoms with Gasteiger partial charge in [-0.3, -0.25) is 9.69 Å². The third-order valence-electron chi connectivity index (χ3n) is 5.77. The van der Waals surface area contributed by atoms with E-state index in [1.54, 1.807) is 11.3 Å². The predicted molar refractivity (Wildman–Crippen MR) is 96.0 cm³/mol. The normalized spacial score (nSPS) is 27.2. The number of amides is 1. The summed E-state index contributed by atoms with van der Waals surface area (Å²) >= 11 is 1.77. The van der Waals surface area contributed by atoms with Crippen LogP contribution in [0.4, 0.5) is 0 Å². The van der Waals surface area contributed by atoms with Gasteiger partial charge in [0.2, 0.25) is 5.91 Å². The summed E-state index contributed by atoms with van der Waals surface area (Å²) < 4.78 is 6.24. The molecule has 0 bridgehead atoms. The van der Waals surface area contributed by atoms with Crippen molar-refractivity contribution < 1.29 is 9.53 Å². The van der Waals surface area contributed by atoms with Crippen molar-refractivity contribution in [3.8, 4) is 0 Å². The van der Waals surface area contributed by atoms with E-state index in [0.29, 0.717) is 18.4 Å². The number of piperidine rings is 1.